The zero-order valence-corrected chi connectivity index (χ0v) is 7.04. The van der Waals surface area contributed by atoms with Gasteiger partial charge in [-0.1, -0.05) is 0 Å². The molecule has 0 saturated heterocycles. The second kappa shape index (κ2) is 2.63. The smallest absolute Gasteiger partial charge is 0.319 e. The molecule has 0 unspecified atom stereocenters. The van der Waals surface area contributed by atoms with Gasteiger partial charge in [-0.25, -0.2) is 4.98 Å². The van der Waals surface area contributed by atoms with E-state index in [0.29, 0.717) is 19.0 Å². The summed E-state index contributed by atoms with van der Waals surface area (Å²) in [6.07, 6.45) is -2.68. The summed E-state index contributed by atoms with van der Waals surface area (Å²) in [4.78, 5) is 3.35. The third kappa shape index (κ3) is 1.54. The Hall–Kier alpha value is -1.24. The minimum atomic E-state index is -4.49. The second-order valence-electron chi connectivity index (χ2n) is 3.32. The van der Waals surface area contributed by atoms with Crippen molar-refractivity contribution in [1.82, 2.24) is 15.2 Å². The molecule has 1 aromatic rings. The predicted molar refractivity (Wildman–Crippen MR) is 39.9 cm³/mol. The number of hydrogen-bond acceptors (Lipinski definition) is 4. The van der Waals surface area contributed by atoms with E-state index in [-0.39, 0.29) is 5.82 Å². The lowest BCUT2D eigenvalue weighted by Gasteiger charge is -2.08. The summed E-state index contributed by atoms with van der Waals surface area (Å²) < 4.78 is 36.6. The normalized spacial score (nSPS) is 19.4. The van der Waals surface area contributed by atoms with E-state index in [1.165, 1.54) is 0 Å². The van der Waals surface area contributed by atoms with Crippen LogP contribution in [0.15, 0.2) is 6.20 Å². The van der Waals surface area contributed by atoms with Gasteiger partial charge in [0.1, 0.15) is 0 Å². The van der Waals surface area contributed by atoms with Crippen LogP contribution in [0.2, 0.25) is 0 Å². The Bertz CT molecular complexity index is 338. The Morgan fingerprint density at radius 1 is 1.36 bits per heavy atom. The van der Waals surface area contributed by atoms with E-state index < -0.39 is 17.4 Å². The Balaban J connectivity index is 2.37. The van der Waals surface area contributed by atoms with Crippen LogP contribution in [0.3, 0.4) is 0 Å². The number of alkyl halides is 3. The Morgan fingerprint density at radius 3 is 2.50 bits per heavy atom. The molecule has 0 radical (unpaired) electrons. The maximum Gasteiger partial charge on any atom is 0.435 e. The first-order valence-electron chi connectivity index (χ1n) is 3.98. The number of hydrogen-bond donors (Lipinski definition) is 1. The summed E-state index contributed by atoms with van der Waals surface area (Å²) >= 11 is 0. The fourth-order valence-corrected chi connectivity index (χ4v) is 1.01. The van der Waals surface area contributed by atoms with Crippen LogP contribution < -0.4 is 5.73 Å². The number of halogens is 3. The largest absolute Gasteiger partial charge is 0.435 e. The van der Waals surface area contributed by atoms with E-state index in [1.807, 2.05) is 0 Å². The van der Waals surface area contributed by atoms with E-state index in [4.69, 9.17) is 5.73 Å². The molecule has 76 valence electrons. The predicted octanol–water partition coefficient (Wildman–Crippen LogP) is 0.838. The van der Waals surface area contributed by atoms with Crippen LogP contribution in [0.25, 0.3) is 0 Å². The highest BCUT2D eigenvalue weighted by molar-refractivity contribution is 5.15. The topological polar surface area (TPSA) is 64.7 Å². The highest BCUT2D eigenvalue weighted by Gasteiger charge is 2.45. The minimum Gasteiger partial charge on any atom is -0.319 e. The summed E-state index contributed by atoms with van der Waals surface area (Å²) in [6.45, 7) is 0. The van der Waals surface area contributed by atoms with Crippen LogP contribution in [-0.2, 0) is 11.7 Å². The molecule has 1 saturated carbocycles. The van der Waals surface area contributed by atoms with E-state index in [2.05, 4.69) is 15.2 Å². The number of aromatic nitrogens is 3. The van der Waals surface area contributed by atoms with Gasteiger partial charge in [0.2, 0.25) is 0 Å². The average molecular weight is 204 g/mol. The molecule has 1 aliphatic carbocycles. The zero-order chi connectivity index (χ0) is 10.4. The molecule has 14 heavy (non-hydrogen) atoms. The third-order valence-electron chi connectivity index (χ3n) is 2.08. The van der Waals surface area contributed by atoms with Gasteiger partial charge in [-0.2, -0.15) is 18.3 Å². The first-order chi connectivity index (χ1) is 6.42. The molecule has 1 aromatic heterocycles. The molecule has 4 nitrogen and oxygen atoms in total. The highest BCUT2D eigenvalue weighted by atomic mass is 19.4. The fraction of sp³-hybridized carbons (Fsp3) is 0.571. The van der Waals surface area contributed by atoms with Crippen molar-refractivity contribution in [3.05, 3.63) is 17.7 Å². The summed E-state index contributed by atoms with van der Waals surface area (Å²) in [5.74, 6) is -0.0210. The van der Waals surface area contributed by atoms with E-state index >= 15 is 0 Å². The summed E-state index contributed by atoms with van der Waals surface area (Å²) in [6, 6.07) is 0. The van der Waals surface area contributed by atoms with Crippen molar-refractivity contribution in [3.8, 4) is 0 Å². The van der Waals surface area contributed by atoms with Crippen LogP contribution in [-0.4, -0.2) is 15.2 Å². The molecule has 1 heterocycles. The molecule has 0 spiro atoms. The molecule has 0 bridgehead atoms. The molecule has 1 fully saturated rings. The van der Waals surface area contributed by atoms with Gasteiger partial charge in [0.25, 0.3) is 0 Å². The molecule has 1 aliphatic rings. The van der Waals surface area contributed by atoms with Gasteiger partial charge in [0.15, 0.2) is 11.5 Å². The van der Waals surface area contributed by atoms with Crippen molar-refractivity contribution in [2.75, 3.05) is 0 Å². The van der Waals surface area contributed by atoms with Crippen LogP contribution >= 0.6 is 0 Å². The lowest BCUT2D eigenvalue weighted by Crippen LogP contribution is -2.24. The van der Waals surface area contributed by atoms with Gasteiger partial charge < -0.3 is 5.73 Å². The molecular weight excluding hydrogens is 197 g/mol. The van der Waals surface area contributed by atoms with Crippen molar-refractivity contribution in [3.63, 3.8) is 0 Å². The molecule has 0 aromatic carbocycles. The highest BCUT2D eigenvalue weighted by Crippen LogP contribution is 2.41. The van der Waals surface area contributed by atoms with Gasteiger partial charge >= 0.3 is 6.18 Å². The van der Waals surface area contributed by atoms with Crippen LogP contribution in [0.1, 0.15) is 24.4 Å². The fourth-order valence-electron chi connectivity index (χ4n) is 1.01. The summed E-state index contributed by atoms with van der Waals surface area (Å²) in [5, 5.41) is 6.75. The van der Waals surface area contributed by atoms with Gasteiger partial charge in [-0.15, -0.1) is 5.10 Å². The van der Waals surface area contributed by atoms with E-state index in [9.17, 15) is 13.2 Å². The quantitative estimate of drug-likeness (QED) is 0.736. The summed E-state index contributed by atoms with van der Waals surface area (Å²) in [7, 11) is 0. The van der Waals surface area contributed by atoms with Crippen LogP contribution in [0, 0.1) is 0 Å². The van der Waals surface area contributed by atoms with Crippen LogP contribution in [0.4, 0.5) is 13.2 Å². The standard InChI is InChI=1S/C7H7F3N4/c8-7(9,10)4-3-12-14-5(13-4)6(11)1-2-6/h3H,1-2,11H2. The van der Waals surface area contributed by atoms with Crippen molar-refractivity contribution >= 4 is 0 Å². The molecule has 0 atom stereocenters. The lowest BCUT2D eigenvalue weighted by molar-refractivity contribution is -0.141. The lowest BCUT2D eigenvalue weighted by atomic mass is 10.3. The van der Waals surface area contributed by atoms with Crippen molar-refractivity contribution in [2.45, 2.75) is 24.6 Å². The monoisotopic (exact) mass is 204 g/mol. The number of rotatable bonds is 1. The van der Waals surface area contributed by atoms with Gasteiger partial charge in [0, 0.05) is 0 Å². The van der Waals surface area contributed by atoms with Gasteiger partial charge in [-0.3, -0.25) is 0 Å². The van der Waals surface area contributed by atoms with Crippen molar-refractivity contribution < 1.29 is 13.2 Å². The molecule has 2 N–H and O–H groups in total. The second-order valence-corrected chi connectivity index (χ2v) is 3.32. The third-order valence-corrected chi connectivity index (χ3v) is 2.08. The maximum atomic E-state index is 12.2. The van der Waals surface area contributed by atoms with E-state index in [0.717, 1.165) is 0 Å². The van der Waals surface area contributed by atoms with E-state index in [1.54, 1.807) is 0 Å². The first-order valence-corrected chi connectivity index (χ1v) is 3.98. The molecular formula is C7H7F3N4. The van der Waals surface area contributed by atoms with Gasteiger partial charge in [-0.05, 0) is 12.8 Å². The maximum absolute atomic E-state index is 12.2. The molecule has 0 amide bonds. The Kier molecular flexibility index (Phi) is 1.75. The average Bonchev–Trinajstić information content (AvgIpc) is 2.84. The number of nitrogens with two attached hydrogens (primary N) is 1. The molecule has 0 aliphatic heterocycles. The van der Waals surface area contributed by atoms with Crippen LogP contribution in [0.5, 0.6) is 0 Å². The number of nitrogens with zero attached hydrogens (tertiary/aromatic N) is 3. The minimum absolute atomic E-state index is 0.0210. The first kappa shape index (κ1) is 9.32. The SMILES string of the molecule is NC1(c2nncc(C(F)(F)F)n2)CC1. The molecule has 2 rings (SSSR count). The zero-order valence-electron chi connectivity index (χ0n) is 7.04. The Morgan fingerprint density at radius 2 is 2.00 bits per heavy atom. The summed E-state index contributed by atoms with van der Waals surface area (Å²) in [5.41, 5.74) is 3.82. The molecule has 7 heteroatoms. The van der Waals surface area contributed by atoms with Crippen molar-refractivity contribution in [2.24, 2.45) is 5.73 Å². The Labute approximate surface area is 77.3 Å². The van der Waals surface area contributed by atoms with Gasteiger partial charge in [0.05, 0.1) is 11.7 Å². The van der Waals surface area contributed by atoms with Crippen molar-refractivity contribution in [1.29, 1.82) is 0 Å².